The zero-order valence-corrected chi connectivity index (χ0v) is 11.0. The first-order chi connectivity index (χ1) is 8.52. The van der Waals surface area contributed by atoms with Crippen molar-refractivity contribution >= 4 is 12.0 Å². The summed E-state index contributed by atoms with van der Waals surface area (Å²) in [5.41, 5.74) is 0. The number of carbonyl (C=O) groups is 2. The smallest absolute Gasteiger partial charge is 0.317 e. The van der Waals surface area contributed by atoms with Crippen LogP contribution in [0.4, 0.5) is 4.79 Å². The van der Waals surface area contributed by atoms with Crippen molar-refractivity contribution in [3.8, 4) is 6.07 Å². The highest BCUT2D eigenvalue weighted by atomic mass is 16.4. The van der Waals surface area contributed by atoms with E-state index in [1.807, 2.05) is 13.0 Å². The number of rotatable bonds is 8. The van der Waals surface area contributed by atoms with Gasteiger partial charge in [0.05, 0.1) is 18.4 Å². The van der Waals surface area contributed by atoms with Crippen molar-refractivity contribution in [1.82, 2.24) is 10.2 Å². The van der Waals surface area contributed by atoms with Gasteiger partial charge in [-0.1, -0.05) is 6.92 Å². The fourth-order valence-electron chi connectivity index (χ4n) is 1.43. The number of hydrogen-bond acceptors (Lipinski definition) is 3. The molecule has 0 aromatic rings. The molecule has 0 heterocycles. The molecule has 0 aliphatic rings. The summed E-state index contributed by atoms with van der Waals surface area (Å²) in [6, 6.07) is 1.80. The van der Waals surface area contributed by atoms with Gasteiger partial charge in [0.25, 0.3) is 0 Å². The molecule has 0 bridgehead atoms. The molecule has 18 heavy (non-hydrogen) atoms. The molecule has 1 unspecified atom stereocenters. The molecule has 0 aliphatic carbocycles. The average molecular weight is 255 g/mol. The summed E-state index contributed by atoms with van der Waals surface area (Å²) < 4.78 is 0. The Morgan fingerprint density at radius 3 is 2.67 bits per heavy atom. The molecule has 0 rings (SSSR count). The predicted molar refractivity (Wildman–Crippen MR) is 66.9 cm³/mol. The highest BCUT2D eigenvalue weighted by molar-refractivity contribution is 5.74. The highest BCUT2D eigenvalue weighted by Gasteiger charge is 2.12. The Labute approximate surface area is 108 Å². The zero-order valence-electron chi connectivity index (χ0n) is 11.0. The van der Waals surface area contributed by atoms with E-state index in [4.69, 9.17) is 10.4 Å². The first kappa shape index (κ1) is 16.2. The lowest BCUT2D eigenvalue weighted by Crippen LogP contribution is -2.40. The quantitative estimate of drug-likeness (QED) is 0.642. The van der Waals surface area contributed by atoms with Gasteiger partial charge >= 0.3 is 12.0 Å². The number of aliphatic carboxylic acids is 1. The van der Waals surface area contributed by atoms with E-state index >= 15 is 0 Å². The number of carboxylic acids is 1. The minimum Gasteiger partial charge on any atom is -0.481 e. The number of carboxylic acid groups (broad SMARTS) is 1. The molecule has 0 saturated heterocycles. The van der Waals surface area contributed by atoms with E-state index in [1.165, 1.54) is 0 Å². The van der Waals surface area contributed by atoms with E-state index < -0.39 is 5.97 Å². The van der Waals surface area contributed by atoms with Crippen molar-refractivity contribution in [3.05, 3.63) is 0 Å². The molecular formula is C12H21N3O3. The molecule has 0 aromatic heterocycles. The third kappa shape index (κ3) is 6.74. The van der Waals surface area contributed by atoms with Crippen LogP contribution in [0.15, 0.2) is 0 Å². The van der Waals surface area contributed by atoms with Crippen molar-refractivity contribution in [1.29, 1.82) is 5.26 Å². The lowest BCUT2D eigenvalue weighted by molar-refractivity contribution is -0.141. The zero-order chi connectivity index (χ0) is 14.0. The lowest BCUT2D eigenvalue weighted by Gasteiger charge is -2.20. The third-order valence-electron chi connectivity index (χ3n) is 2.67. The Balaban J connectivity index is 3.81. The second-order valence-electron chi connectivity index (χ2n) is 4.10. The number of nitrogens with zero attached hydrogens (tertiary/aromatic N) is 2. The van der Waals surface area contributed by atoms with Gasteiger partial charge in [-0.3, -0.25) is 4.79 Å². The molecule has 1 atom stereocenters. The molecule has 0 saturated carbocycles. The Bertz CT molecular complexity index is 312. The number of hydrogen-bond donors (Lipinski definition) is 2. The van der Waals surface area contributed by atoms with Crippen molar-refractivity contribution in [2.75, 3.05) is 19.6 Å². The van der Waals surface area contributed by atoms with E-state index in [-0.39, 0.29) is 11.9 Å². The fraction of sp³-hybridized carbons (Fsp3) is 0.750. The van der Waals surface area contributed by atoms with Crippen LogP contribution in [-0.4, -0.2) is 41.6 Å². The minimum absolute atomic E-state index is 0.198. The van der Waals surface area contributed by atoms with Crippen LogP contribution in [0.3, 0.4) is 0 Å². The number of carbonyl (C=O) groups excluding carboxylic acids is 1. The van der Waals surface area contributed by atoms with Gasteiger partial charge in [-0.25, -0.2) is 4.79 Å². The van der Waals surface area contributed by atoms with E-state index in [0.29, 0.717) is 38.9 Å². The highest BCUT2D eigenvalue weighted by Crippen LogP contribution is 2.04. The molecule has 2 N–H and O–H groups in total. The molecule has 6 heteroatoms. The summed E-state index contributed by atoms with van der Waals surface area (Å²) in [6.07, 6.45) is 1.49. The molecule has 0 aromatic carbocycles. The van der Waals surface area contributed by atoms with Gasteiger partial charge in [0.1, 0.15) is 0 Å². The second kappa shape index (κ2) is 9.28. The SMILES string of the molecule is CCN(CCC#N)C(=O)NCCCC(C)C(=O)O. The topological polar surface area (TPSA) is 93.4 Å². The molecular weight excluding hydrogens is 234 g/mol. The van der Waals surface area contributed by atoms with E-state index in [9.17, 15) is 9.59 Å². The molecule has 6 nitrogen and oxygen atoms in total. The number of urea groups is 1. The summed E-state index contributed by atoms with van der Waals surface area (Å²) in [6.45, 7) is 4.93. The van der Waals surface area contributed by atoms with Crippen LogP contribution in [0.5, 0.6) is 0 Å². The average Bonchev–Trinajstić information content (AvgIpc) is 2.35. The monoisotopic (exact) mass is 255 g/mol. The molecule has 0 fully saturated rings. The minimum atomic E-state index is -0.814. The molecule has 2 amide bonds. The van der Waals surface area contributed by atoms with Gasteiger partial charge in [0.15, 0.2) is 0 Å². The maximum Gasteiger partial charge on any atom is 0.317 e. The van der Waals surface area contributed by atoms with Gasteiger partial charge < -0.3 is 15.3 Å². The Morgan fingerprint density at radius 2 is 2.17 bits per heavy atom. The van der Waals surface area contributed by atoms with E-state index in [2.05, 4.69) is 5.32 Å². The van der Waals surface area contributed by atoms with Gasteiger partial charge in [0.2, 0.25) is 0 Å². The standard InChI is InChI=1S/C12H21N3O3/c1-3-15(9-5-7-13)12(18)14-8-4-6-10(2)11(16)17/h10H,3-6,8-9H2,1-2H3,(H,14,18)(H,16,17). The van der Waals surface area contributed by atoms with E-state index in [0.717, 1.165) is 0 Å². The molecule has 0 aliphatic heterocycles. The molecule has 0 radical (unpaired) electrons. The Kier molecular flexibility index (Phi) is 8.37. The summed E-state index contributed by atoms with van der Waals surface area (Å²) >= 11 is 0. The van der Waals surface area contributed by atoms with Crippen LogP contribution in [0.1, 0.15) is 33.1 Å². The summed E-state index contributed by atoms with van der Waals surface area (Å²) in [5.74, 6) is -1.20. The molecule has 102 valence electrons. The van der Waals surface area contributed by atoms with Gasteiger partial charge in [0, 0.05) is 19.6 Å². The second-order valence-corrected chi connectivity index (χ2v) is 4.10. The van der Waals surface area contributed by atoms with Crippen LogP contribution in [0.25, 0.3) is 0 Å². The lowest BCUT2D eigenvalue weighted by atomic mass is 10.1. The van der Waals surface area contributed by atoms with Crippen molar-refractivity contribution in [3.63, 3.8) is 0 Å². The number of nitriles is 1. The fourth-order valence-corrected chi connectivity index (χ4v) is 1.43. The first-order valence-electron chi connectivity index (χ1n) is 6.15. The van der Waals surface area contributed by atoms with Crippen LogP contribution in [0, 0.1) is 17.2 Å². The van der Waals surface area contributed by atoms with Crippen molar-refractivity contribution < 1.29 is 14.7 Å². The van der Waals surface area contributed by atoms with Crippen LogP contribution < -0.4 is 5.32 Å². The predicted octanol–water partition coefficient (Wildman–Crippen LogP) is 1.43. The summed E-state index contributed by atoms with van der Waals surface area (Å²) in [5, 5.41) is 19.9. The molecule has 0 spiro atoms. The third-order valence-corrected chi connectivity index (χ3v) is 2.67. The van der Waals surface area contributed by atoms with Gasteiger partial charge in [-0.15, -0.1) is 0 Å². The normalized spacial score (nSPS) is 11.4. The summed E-state index contributed by atoms with van der Waals surface area (Å²) in [4.78, 5) is 23.8. The van der Waals surface area contributed by atoms with Gasteiger partial charge in [-0.05, 0) is 19.8 Å². The van der Waals surface area contributed by atoms with Crippen molar-refractivity contribution in [2.24, 2.45) is 5.92 Å². The number of nitrogens with one attached hydrogen (secondary N) is 1. The van der Waals surface area contributed by atoms with E-state index in [1.54, 1.807) is 11.8 Å². The first-order valence-corrected chi connectivity index (χ1v) is 6.15. The summed E-state index contributed by atoms with van der Waals surface area (Å²) in [7, 11) is 0. The number of amides is 2. The van der Waals surface area contributed by atoms with Crippen molar-refractivity contribution in [2.45, 2.75) is 33.1 Å². The maximum atomic E-state index is 11.6. The maximum absolute atomic E-state index is 11.6. The van der Waals surface area contributed by atoms with Crippen LogP contribution in [-0.2, 0) is 4.79 Å². The Morgan fingerprint density at radius 1 is 1.50 bits per heavy atom. The van der Waals surface area contributed by atoms with Crippen LogP contribution >= 0.6 is 0 Å². The largest absolute Gasteiger partial charge is 0.481 e. The van der Waals surface area contributed by atoms with Gasteiger partial charge in [-0.2, -0.15) is 5.26 Å². The van der Waals surface area contributed by atoms with Crippen LogP contribution in [0.2, 0.25) is 0 Å². The Hall–Kier alpha value is -1.77.